The molecular weight excluding hydrogens is 232 g/mol. The maximum atomic E-state index is 4.69. The molecule has 0 amide bonds. The van der Waals surface area contributed by atoms with Gasteiger partial charge in [0.15, 0.2) is 0 Å². The Morgan fingerprint density at radius 3 is 3.05 bits per heavy atom. The van der Waals surface area contributed by atoms with Gasteiger partial charge in [0.2, 0.25) is 0 Å². The number of nitrogens with one attached hydrogen (secondary N) is 1. The predicted molar refractivity (Wildman–Crippen MR) is 79.3 cm³/mol. The van der Waals surface area contributed by atoms with Crippen molar-refractivity contribution >= 4 is 0 Å². The number of aryl methyl sites for hydroxylation is 1. The Morgan fingerprint density at radius 2 is 2.21 bits per heavy atom. The van der Waals surface area contributed by atoms with Gasteiger partial charge in [-0.15, -0.1) is 0 Å². The lowest BCUT2D eigenvalue weighted by Crippen LogP contribution is -2.32. The molecule has 2 aliphatic rings. The van der Waals surface area contributed by atoms with Crippen LogP contribution in [0.15, 0.2) is 18.3 Å². The van der Waals surface area contributed by atoms with Crippen molar-refractivity contribution in [1.29, 1.82) is 0 Å². The third-order valence-corrected chi connectivity index (χ3v) is 5.02. The van der Waals surface area contributed by atoms with Crippen LogP contribution in [0.5, 0.6) is 0 Å². The van der Waals surface area contributed by atoms with Gasteiger partial charge in [-0.25, -0.2) is 0 Å². The molecule has 0 spiro atoms. The Labute approximate surface area is 117 Å². The van der Waals surface area contributed by atoms with Crippen LogP contribution in [0.1, 0.15) is 56.7 Å². The van der Waals surface area contributed by atoms with E-state index in [9.17, 15) is 0 Å². The first-order valence-corrected chi connectivity index (χ1v) is 7.93. The minimum atomic E-state index is 0.607. The molecule has 104 valence electrons. The van der Waals surface area contributed by atoms with Crippen LogP contribution < -0.4 is 5.32 Å². The Morgan fingerprint density at radius 1 is 1.32 bits per heavy atom. The first-order chi connectivity index (χ1) is 9.25. The lowest BCUT2D eigenvalue weighted by Gasteiger charge is -2.26. The smallest absolute Gasteiger partial charge is 0.0469 e. The number of pyridine rings is 1. The van der Waals surface area contributed by atoms with Crippen LogP contribution in [0, 0.1) is 11.8 Å². The number of hydrogen-bond acceptors (Lipinski definition) is 2. The van der Waals surface area contributed by atoms with E-state index in [0.29, 0.717) is 6.04 Å². The standard InChI is InChI=1S/C17H26N2/c1-12(2)19-11-14-5-3-7-15(14)16-9-8-13-6-4-10-18-17(13)16/h4,6,10,12,14-16,19H,3,5,7-9,11H2,1-2H3. The highest BCUT2D eigenvalue weighted by Gasteiger charge is 2.37. The third-order valence-electron chi connectivity index (χ3n) is 5.02. The quantitative estimate of drug-likeness (QED) is 0.893. The first kappa shape index (κ1) is 13.1. The van der Waals surface area contributed by atoms with E-state index in [1.54, 1.807) is 0 Å². The number of hydrogen-bond donors (Lipinski definition) is 1. The zero-order valence-electron chi connectivity index (χ0n) is 12.2. The molecule has 0 radical (unpaired) electrons. The van der Waals surface area contributed by atoms with Crippen molar-refractivity contribution in [3.8, 4) is 0 Å². The SMILES string of the molecule is CC(C)NCC1CCCC1C1CCc2cccnc21. The summed E-state index contributed by atoms with van der Waals surface area (Å²) in [6.07, 6.45) is 8.78. The minimum absolute atomic E-state index is 0.607. The number of rotatable bonds is 4. The second-order valence-electron chi connectivity index (χ2n) is 6.61. The number of aromatic nitrogens is 1. The number of nitrogens with zero attached hydrogens (tertiary/aromatic N) is 1. The minimum Gasteiger partial charge on any atom is -0.314 e. The third kappa shape index (κ3) is 2.69. The van der Waals surface area contributed by atoms with Gasteiger partial charge in [-0.1, -0.05) is 26.3 Å². The van der Waals surface area contributed by atoms with Gasteiger partial charge in [0.25, 0.3) is 0 Å². The topological polar surface area (TPSA) is 24.9 Å². The van der Waals surface area contributed by atoms with E-state index in [1.807, 2.05) is 6.20 Å². The van der Waals surface area contributed by atoms with Crippen molar-refractivity contribution in [2.24, 2.45) is 11.8 Å². The van der Waals surface area contributed by atoms with E-state index < -0.39 is 0 Å². The van der Waals surface area contributed by atoms with Gasteiger partial charge in [-0.05, 0) is 55.7 Å². The van der Waals surface area contributed by atoms with Gasteiger partial charge in [-0.3, -0.25) is 4.98 Å². The molecule has 2 nitrogen and oxygen atoms in total. The molecule has 3 unspecified atom stereocenters. The summed E-state index contributed by atoms with van der Waals surface area (Å²) in [6, 6.07) is 4.97. The van der Waals surface area contributed by atoms with E-state index in [1.165, 1.54) is 49.9 Å². The highest BCUT2D eigenvalue weighted by molar-refractivity contribution is 5.29. The van der Waals surface area contributed by atoms with E-state index in [-0.39, 0.29) is 0 Å². The number of fused-ring (bicyclic) bond motifs is 1. The van der Waals surface area contributed by atoms with Crippen LogP contribution in [-0.2, 0) is 6.42 Å². The maximum Gasteiger partial charge on any atom is 0.0469 e. The molecule has 0 saturated heterocycles. The zero-order valence-corrected chi connectivity index (χ0v) is 12.2. The second kappa shape index (κ2) is 5.62. The lowest BCUT2D eigenvalue weighted by molar-refractivity contribution is 0.301. The van der Waals surface area contributed by atoms with Gasteiger partial charge in [-0.2, -0.15) is 0 Å². The summed E-state index contributed by atoms with van der Waals surface area (Å²) in [6.45, 7) is 5.69. The summed E-state index contributed by atoms with van der Waals surface area (Å²) in [4.78, 5) is 4.69. The van der Waals surface area contributed by atoms with Gasteiger partial charge in [0.1, 0.15) is 0 Å². The maximum absolute atomic E-state index is 4.69. The fraction of sp³-hybridized carbons (Fsp3) is 0.706. The molecule has 3 atom stereocenters. The van der Waals surface area contributed by atoms with Crippen LogP contribution in [-0.4, -0.2) is 17.6 Å². The molecule has 3 rings (SSSR count). The molecule has 1 N–H and O–H groups in total. The lowest BCUT2D eigenvalue weighted by atomic mass is 9.82. The van der Waals surface area contributed by atoms with Crippen LogP contribution in [0.4, 0.5) is 0 Å². The highest BCUT2D eigenvalue weighted by Crippen LogP contribution is 2.46. The molecule has 2 heteroatoms. The zero-order chi connectivity index (χ0) is 13.2. The summed E-state index contributed by atoms with van der Waals surface area (Å²) in [5, 5.41) is 3.64. The first-order valence-electron chi connectivity index (χ1n) is 7.93. The summed E-state index contributed by atoms with van der Waals surface area (Å²) in [5.74, 6) is 2.46. The van der Waals surface area contributed by atoms with E-state index in [0.717, 1.165) is 17.8 Å². The fourth-order valence-corrected chi connectivity index (χ4v) is 4.10. The van der Waals surface area contributed by atoms with Crippen LogP contribution in [0.2, 0.25) is 0 Å². The summed E-state index contributed by atoms with van der Waals surface area (Å²) < 4.78 is 0. The Kier molecular flexibility index (Phi) is 3.88. The van der Waals surface area contributed by atoms with E-state index in [2.05, 4.69) is 31.3 Å². The predicted octanol–water partition coefficient (Wildman–Crippen LogP) is 3.53. The van der Waals surface area contributed by atoms with Crippen LogP contribution >= 0.6 is 0 Å². The van der Waals surface area contributed by atoms with Crippen LogP contribution in [0.25, 0.3) is 0 Å². The highest BCUT2D eigenvalue weighted by atomic mass is 14.9. The molecule has 1 heterocycles. The molecule has 2 aliphatic carbocycles. The molecular formula is C17H26N2. The average Bonchev–Trinajstić information content (AvgIpc) is 3.02. The monoisotopic (exact) mass is 258 g/mol. The Balaban J connectivity index is 1.72. The van der Waals surface area contributed by atoms with Crippen molar-refractivity contribution in [2.75, 3.05) is 6.54 Å². The van der Waals surface area contributed by atoms with E-state index >= 15 is 0 Å². The van der Waals surface area contributed by atoms with Gasteiger partial charge in [0.05, 0.1) is 0 Å². The Bertz CT molecular complexity index is 427. The molecule has 1 fully saturated rings. The van der Waals surface area contributed by atoms with Crippen molar-refractivity contribution in [3.05, 3.63) is 29.6 Å². The van der Waals surface area contributed by atoms with Crippen molar-refractivity contribution in [1.82, 2.24) is 10.3 Å². The summed E-state index contributed by atoms with van der Waals surface area (Å²) in [5.41, 5.74) is 2.93. The van der Waals surface area contributed by atoms with Crippen LogP contribution in [0.3, 0.4) is 0 Å². The molecule has 0 aromatic carbocycles. The van der Waals surface area contributed by atoms with Crippen molar-refractivity contribution < 1.29 is 0 Å². The molecule has 0 aliphatic heterocycles. The van der Waals surface area contributed by atoms with Crippen molar-refractivity contribution in [3.63, 3.8) is 0 Å². The molecule has 1 aromatic heterocycles. The van der Waals surface area contributed by atoms with E-state index in [4.69, 9.17) is 4.98 Å². The normalized spacial score (nSPS) is 29.9. The molecule has 1 aromatic rings. The molecule has 19 heavy (non-hydrogen) atoms. The van der Waals surface area contributed by atoms with Gasteiger partial charge in [0, 0.05) is 23.9 Å². The largest absolute Gasteiger partial charge is 0.314 e. The van der Waals surface area contributed by atoms with Crippen molar-refractivity contribution in [2.45, 2.75) is 57.9 Å². The fourth-order valence-electron chi connectivity index (χ4n) is 4.10. The summed E-state index contributed by atoms with van der Waals surface area (Å²) >= 11 is 0. The molecule has 0 bridgehead atoms. The molecule has 1 saturated carbocycles. The Hall–Kier alpha value is -0.890. The van der Waals surface area contributed by atoms with Gasteiger partial charge >= 0.3 is 0 Å². The summed E-state index contributed by atoms with van der Waals surface area (Å²) in [7, 11) is 0. The second-order valence-corrected chi connectivity index (χ2v) is 6.61. The van der Waals surface area contributed by atoms with Gasteiger partial charge < -0.3 is 5.32 Å². The average molecular weight is 258 g/mol.